The highest BCUT2D eigenvalue weighted by molar-refractivity contribution is 5.82. The van der Waals surface area contributed by atoms with Crippen LogP contribution in [0.25, 0.3) is 10.9 Å². The predicted molar refractivity (Wildman–Crippen MR) is 84.2 cm³/mol. The second-order valence-electron chi connectivity index (χ2n) is 5.26. The van der Waals surface area contributed by atoms with E-state index in [1.54, 1.807) is 0 Å². The van der Waals surface area contributed by atoms with Crippen molar-refractivity contribution in [2.24, 2.45) is 7.05 Å². The average molecular weight is 283 g/mol. The molecule has 0 aliphatic heterocycles. The van der Waals surface area contributed by atoms with E-state index in [0.29, 0.717) is 0 Å². The maximum absolute atomic E-state index is 4.76. The average Bonchev–Trinajstić information content (AvgIpc) is 3.02. The third-order valence-corrected chi connectivity index (χ3v) is 3.78. The molecule has 0 spiro atoms. The van der Waals surface area contributed by atoms with E-state index in [4.69, 9.17) is 5.10 Å². The standard InChI is InChI=1S/C16H21N5/c1-4-12-9-13(20(3)18-12)11-21-16-8-6-5-7-14(16)15(19-21)10-17-2/h5-9,17H,4,10-11H2,1-3H3. The van der Waals surface area contributed by atoms with Crippen molar-refractivity contribution in [3.05, 3.63) is 47.4 Å². The smallest absolute Gasteiger partial charge is 0.0841 e. The van der Waals surface area contributed by atoms with Gasteiger partial charge in [0.05, 0.1) is 29.1 Å². The Morgan fingerprint density at radius 3 is 2.71 bits per heavy atom. The van der Waals surface area contributed by atoms with Gasteiger partial charge in [-0.15, -0.1) is 0 Å². The molecule has 0 aliphatic carbocycles. The minimum absolute atomic E-state index is 0.744. The summed E-state index contributed by atoms with van der Waals surface area (Å²) in [5.74, 6) is 0. The lowest BCUT2D eigenvalue weighted by Crippen LogP contribution is -2.09. The Labute approximate surface area is 124 Å². The van der Waals surface area contributed by atoms with Crippen LogP contribution in [0.1, 0.15) is 24.0 Å². The van der Waals surface area contributed by atoms with Gasteiger partial charge in [0.15, 0.2) is 0 Å². The molecule has 5 heteroatoms. The zero-order chi connectivity index (χ0) is 14.8. The first-order valence-electron chi connectivity index (χ1n) is 7.33. The third kappa shape index (κ3) is 2.56. The van der Waals surface area contributed by atoms with Gasteiger partial charge in [0.25, 0.3) is 0 Å². The van der Waals surface area contributed by atoms with Crippen molar-refractivity contribution in [2.75, 3.05) is 7.05 Å². The molecular weight excluding hydrogens is 262 g/mol. The molecule has 2 heterocycles. The second-order valence-corrected chi connectivity index (χ2v) is 5.26. The van der Waals surface area contributed by atoms with Crippen LogP contribution in [0.15, 0.2) is 30.3 Å². The Kier molecular flexibility index (Phi) is 3.75. The van der Waals surface area contributed by atoms with Crippen LogP contribution in [-0.4, -0.2) is 26.6 Å². The number of rotatable bonds is 5. The number of hydrogen-bond donors (Lipinski definition) is 1. The van der Waals surface area contributed by atoms with Gasteiger partial charge in [0.2, 0.25) is 0 Å². The number of para-hydroxylation sites is 1. The van der Waals surface area contributed by atoms with Crippen LogP contribution in [0.3, 0.4) is 0 Å². The molecule has 110 valence electrons. The molecule has 0 saturated carbocycles. The second kappa shape index (κ2) is 5.69. The lowest BCUT2D eigenvalue weighted by Gasteiger charge is -2.03. The predicted octanol–water partition coefficient (Wildman–Crippen LogP) is 2.10. The van der Waals surface area contributed by atoms with Gasteiger partial charge in [-0.2, -0.15) is 10.2 Å². The molecule has 0 unspecified atom stereocenters. The van der Waals surface area contributed by atoms with Crippen LogP contribution in [0.2, 0.25) is 0 Å². The first-order valence-corrected chi connectivity index (χ1v) is 7.33. The summed E-state index contributed by atoms with van der Waals surface area (Å²) in [6, 6.07) is 10.5. The Hall–Kier alpha value is -2.14. The van der Waals surface area contributed by atoms with E-state index in [9.17, 15) is 0 Å². The van der Waals surface area contributed by atoms with Crippen LogP contribution < -0.4 is 5.32 Å². The number of aryl methyl sites for hydroxylation is 2. The van der Waals surface area contributed by atoms with Crippen molar-refractivity contribution in [2.45, 2.75) is 26.4 Å². The van der Waals surface area contributed by atoms with Gasteiger partial charge in [-0.1, -0.05) is 25.1 Å². The topological polar surface area (TPSA) is 47.7 Å². The molecule has 3 aromatic rings. The molecule has 5 nitrogen and oxygen atoms in total. The molecular formula is C16H21N5. The van der Waals surface area contributed by atoms with E-state index < -0.39 is 0 Å². The fraction of sp³-hybridized carbons (Fsp3) is 0.375. The molecule has 0 aliphatic rings. The van der Waals surface area contributed by atoms with Gasteiger partial charge >= 0.3 is 0 Å². The summed E-state index contributed by atoms with van der Waals surface area (Å²) in [5.41, 5.74) is 4.56. The largest absolute Gasteiger partial charge is 0.314 e. The Morgan fingerprint density at radius 2 is 2.00 bits per heavy atom. The molecule has 0 radical (unpaired) electrons. The minimum Gasteiger partial charge on any atom is -0.314 e. The summed E-state index contributed by atoms with van der Waals surface area (Å²) in [7, 11) is 3.94. The highest BCUT2D eigenvalue weighted by Crippen LogP contribution is 2.19. The van der Waals surface area contributed by atoms with E-state index in [2.05, 4.69) is 52.4 Å². The Bertz CT molecular complexity index is 753. The van der Waals surface area contributed by atoms with E-state index in [1.807, 2.05) is 18.8 Å². The summed E-state index contributed by atoms with van der Waals surface area (Å²) in [6.07, 6.45) is 0.957. The molecule has 3 rings (SSSR count). The van der Waals surface area contributed by atoms with Gasteiger partial charge in [-0.3, -0.25) is 9.36 Å². The van der Waals surface area contributed by atoms with Crippen molar-refractivity contribution in [3.8, 4) is 0 Å². The number of nitrogens with one attached hydrogen (secondary N) is 1. The first kappa shape index (κ1) is 13.8. The number of fused-ring (bicyclic) bond motifs is 1. The SMILES string of the molecule is CCc1cc(Cn2nc(CNC)c3ccccc32)n(C)n1. The van der Waals surface area contributed by atoms with Gasteiger partial charge in [0.1, 0.15) is 0 Å². The van der Waals surface area contributed by atoms with Crippen LogP contribution in [0, 0.1) is 0 Å². The lowest BCUT2D eigenvalue weighted by atomic mass is 10.2. The quantitative estimate of drug-likeness (QED) is 0.780. The number of aromatic nitrogens is 4. The zero-order valence-corrected chi connectivity index (χ0v) is 12.8. The fourth-order valence-corrected chi connectivity index (χ4v) is 2.66. The minimum atomic E-state index is 0.744. The van der Waals surface area contributed by atoms with Gasteiger partial charge in [-0.05, 0) is 25.6 Å². The molecule has 2 aromatic heterocycles. The lowest BCUT2D eigenvalue weighted by molar-refractivity contribution is 0.619. The molecule has 21 heavy (non-hydrogen) atoms. The van der Waals surface area contributed by atoms with E-state index in [-0.39, 0.29) is 0 Å². The van der Waals surface area contributed by atoms with E-state index in [1.165, 1.54) is 16.6 Å². The van der Waals surface area contributed by atoms with Gasteiger partial charge in [0, 0.05) is 19.0 Å². The van der Waals surface area contributed by atoms with Crippen LogP contribution in [-0.2, 0) is 26.6 Å². The number of nitrogens with zero attached hydrogens (tertiary/aromatic N) is 4. The maximum Gasteiger partial charge on any atom is 0.0841 e. The van der Waals surface area contributed by atoms with Gasteiger partial charge < -0.3 is 5.32 Å². The molecule has 1 N–H and O–H groups in total. The van der Waals surface area contributed by atoms with E-state index >= 15 is 0 Å². The fourth-order valence-electron chi connectivity index (χ4n) is 2.66. The molecule has 0 saturated heterocycles. The van der Waals surface area contributed by atoms with Crippen molar-refractivity contribution >= 4 is 10.9 Å². The molecule has 0 fully saturated rings. The number of benzene rings is 1. The van der Waals surface area contributed by atoms with E-state index in [0.717, 1.165) is 30.9 Å². The zero-order valence-electron chi connectivity index (χ0n) is 12.8. The van der Waals surface area contributed by atoms with Crippen LogP contribution in [0.5, 0.6) is 0 Å². The third-order valence-electron chi connectivity index (χ3n) is 3.78. The monoisotopic (exact) mass is 283 g/mol. The Balaban J connectivity index is 2.01. The summed E-state index contributed by atoms with van der Waals surface area (Å²) in [5, 5.41) is 13.7. The molecule has 0 amide bonds. The van der Waals surface area contributed by atoms with Crippen LogP contribution >= 0.6 is 0 Å². The summed E-state index contributed by atoms with van der Waals surface area (Å²) in [6.45, 7) is 3.65. The summed E-state index contributed by atoms with van der Waals surface area (Å²) in [4.78, 5) is 0. The Morgan fingerprint density at radius 1 is 1.19 bits per heavy atom. The highest BCUT2D eigenvalue weighted by Gasteiger charge is 2.11. The first-order chi connectivity index (χ1) is 10.2. The van der Waals surface area contributed by atoms with Gasteiger partial charge in [-0.25, -0.2) is 0 Å². The summed E-state index contributed by atoms with van der Waals surface area (Å²) >= 11 is 0. The molecule has 1 aromatic carbocycles. The van der Waals surface area contributed by atoms with Crippen molar-refractivity contribution < 1.29 is 0 Å². The molecule has 0 atom stereocenters. The van der Waals surface area contributed by atoms with Crippen molar-refractivity contribution in [1.82, 2.24) is 24.9 Å². The van der Waals surface area contributed by atoms with Crippen molar-refractivity contribution in [3.63, 3.8) is 0 Å². The highest BCUT2D eigenvalue weighted by atomic mass is 15.3. The van der Waals surface area contributed by atoms with Crippen molar-refractivity contribution in [1.29, 1.82) is 0 Å². The normalized spacial score (nSPS) is 11.4. The molecule has 0 bridgehead atoms. The van der Waals surface area contributed by atoms with Crippen LogP contribution in [0.4, 0.5) is 0 Å². The summed E-state index contributed by atoms with van der Waals surface area (Å²) < 4.78 is 4.02. The number of hydrogen-bond acceptors (Lipinski definition) is 3. The maximum atomic E-state index is 4.76.